The van der Waals surface area contributed by atoms with Gasteiger partial charge in [-0.1, -0.05) is 19.1 Å². The fraction of sp³-hybridized carbons (Fsp3) is 0.800. The monoisotopic (exact) mass is 169 g/mol. The van der Waals surface area contributed by atoms with Crippen LogP contribution in [0.1, 0.15) is 32.6 Å². The Hall–Kier alpha value is -0.340. The van der Waals surface area contributed by atoms with E-state index in [4.69, 9.17) is 0 Å². The number of rotatable bonds is 2. The Morgan fingerprint density at radius 3 is 2.67 bits per heavy atom. The Balaban J connectivity index is 2.40. The van der Waals surface area contributed by atoms with Gasteiger partial charge >= 0.3 is 0 Å². The van der Waals surface area contributed by atoms with E-state index in [9.17, 15) is 5.11 Å². The van der Waals surface area contributed by atoms with Crippen molar-refractivity contribution in [2.24, 2.45) is 0 Å². The van der Waals surface area contributed by atoms with Crippen LogP contribution in [0.25, 0.3) is 0 Å². The molecule has 0 amide bonds. The average molecular weight is 169 g/mol. The Morgan fingerprint density at radius 1 is 1.33 bits per heavy atom. The molecule has 0 aromatic rings. The highest BCUT2D eigenvalue weighted by Gasteiger charge is 2.17. The number of hydrogen-bond donors (Lipinski definition) is 2. The molecule has 0 unspecified atom stereocenters. The van der Waals surface area contributed by atoms with Gasteiger partial charge < -0.3 is 10.4 Å². The Labute approximate surface area is 74.7 Å². The van der Waals surface area contributed by atoms with Crippen molar-refractivity contribution in [3.8, 4) is 0 Å². The van der Waals surface area contributed by atoms with E-state index in [2.05, 4.69) is 24.4 Å². The molecule has 0 bridgehead atoms. The third-order valence-electron chi connectivity index (χ3n) is 2.37. The molecule has 2 heteroatoms. The average Bonchev–Trinajstić information content (AvgIpc) is 2.05. The molecule has 1 aliphatic rings. The van der Waals surface area contributed by atoms with Gasteiger partial charge in [0.05, 0.1) is 6.10 Å². The summed E-state index contributed by atoms with van der Waals surface area (Å²) in [6, 6.07) is 0.306. The van der Waals surface area contributed by atoms with Gasteiger partial charge in [-0.05, 0) is 32.2 Å². The van der Waals surface area contributed by atoms with Crippen molar-refractivity contribution in [3.63, 3.8) is 0 Å². The van der Waals surface area contributed by atoms with Crippen LogP contribution < -0.4 is 5.32 Å². The molecule has 2 N–H and O–H groups in total. The lowest BCUT2D eigenvalue weighted by molar-refractivity contribution is 0.115. The quantitative estimate of drug-likeness (QED) is 0.613. The van der Waals surface area contributed by atoms with E-state index < -0.39 is 0 Å². The summed E-state index contributed by atoms with van der Waals surface area (Å²) in [5.41, 5.74) is 0. The standard InChI is InChI=1S/C10H19NO/c1-2-11-9-7-5-3-4-6-8-10(9)12/h3-4,9-12H,2,5-8H2,1H3/t9-,10-/m0/s1. The van der Waals surface area contributed by atoms with E-state index in [0.29, 0.717) is 6.04 Å². The van der Waals surface area contributed by atoms with Crippen LogP contribution in [0.3, 0.4) is 0 Å². The van der Waals surface area contributed by atoms with Gasteiger partial charge in [-0.3, -0.25) is 0 Å². The van der Waals surface area contributed by atoms with E-state index in [-0.39, 0.29) is 6.10 Å². The van der Waals surface area contributed by atoms with Gasteiger partial charge in [-0.25, -0.2) is 0 Å². The molecule has 0 aromatic carbocycles. The molecule has 0 aromatic heterocycles. The van der Waals surface area contributed by atoms with Crippen LogP contribution in [0.15, 0.2) is 12.2 Å². The molecule has 1 rings (SSSR count). The molecule has 1 aliphatic carbocycles. The highest BCUT2D eigenvalue weighted by atomic mass is 16.3. The van der Waals surface area contributed by atoms with E-state index >= 15 is 0 Å². The summed E-state index contributed by atoms with van der Waals surface area (Å²) in [6.45, 7) is 3.03. The van der Waals surface area contributed by atoms with Gasteiger partial charge in [0.15, 0.2) is 0 Å². The molecule has 2 nitrogen and oxygen atoms in total. The number of likely N-dealkylation sites (N-methyl/N-ethyl adjacent to an activating group) is 1. The fourth-order valence-corrected chi connectivity index (χ4v) is 1.67. The van der Waals surface area contributed by atoms with E-state index in [1.807, 2.05) is 0 Å². The molecule has 0 saturated carbocycles. The third kappa shape index (κ3) is 2.95. The lowest BCUT2D eigenvalue weighted by Gasteiger charge is -2.24. The summed E-state index contributed by atoms with van der Waals surface area (Å²) in [7, 11) is 0. The normalized spacial score (nSPS) is 31.2. The minimum atomic E-state index is -0.158. The maximum absolute atomic E-state index is 9.71. The Kier molecular flexibility index (Phi) is 4.33. The van der Waals surface area contributed by atoms with E-state index in [0.717, 1.165) is 32.2 Å². The largest absolute Gasteiger partial charge is 0.391 e. The summed E-state index contributed by atoms with van der Waals surface area (Å²) < 4.78 is 0. The predicted molar refractivity (Wildman–Crippen MR) is 51.1 cm³/mol. The van der Waals surface area contributed by atoms with Crippen LogP contribution >= 0.6 is 0 Å². The predicted octanol–water partition coefficient (Wildman–Crippen LogP) is 1.46. The summed E-state index contributed by atoms with van der Waals surface area (Å²) in [5.74, 6) is 0. The molecule has 0 saturated heterocycles. The van der Waals surface area contributed by atoms with Crippen LogP contribution in [-0.4, -0.2) is 23.8 Å². The number of nitrogens with one attached hydrogen (secondary N) is 1. The number of allylic oxidation sites excluding steroid dienone is 2. The van der Waals surface area contributed by atoms with E-state index in [1.165, 1.54) is 0 Å². The number of hydrogen-bond acceptors (Lipinski definition) is 2. The van der Waals surface area contributed by atoms with E-state index in [1.54, 1.807) is 0 Å². The zero-order chi connectivity index (χ0) is 8.81. The second-order valence-electron chi connectivity index (χ2n) is 3.36. The topological polar surface area (TPSA) is 32.3 Å². The Morgan fingerprint density at radius 2 is 2.00 bits per heavy atom. The number of aliphatic hydroxyl groups is 1. The number of aliphatic hydroxyl groups excluding tert-OH is 1. The van der Waals surface area contributed by atoms with Crippen molar-refractivity contribution in [2.45, 2.75) is 44.8 Å². The first-order valence-corrected chi connectivity index (χ1v) is 4.91. The first kappa shape index (κ1) is 9.75. The molecule has 0 aliphatic heterocycles. The van der Waals surface area contributed by atoms with Gasteiger partial charge in [0.2, 0.25) is 0 Å². The lowest BCUT2D eigenvalue weighted by Crippen LogP contribution is -2.39. The molecular weight excluding hydrogens is 150 g/mol. The Bertz CT molecular complexity index is 145. The minimum absolute atomic E-state index is 0.158. The van der Waals surface area contributed by atoms with Gasteiger partial charge in [0.25, 0.3) is 0 Å². The van der Waals surface area contributed by atoms with Crippen LogP contribution in [0, 0.1) is 0 Å². The molecule has 0 fully saturated rings. The summed E-state index contributed by atoms with van der Waals surface area (Å²) >= 11 is 0. The minimum Gasteiger partial charge on any atom is -0.391 e. The van der Waals surface area contributed by atoms with Gasteiger partial charge in [0.1, 0.15) is 0 Å². The summed E-state index contributed by atoms with van der Waals surface area (Å²) in [6.07, 6.45) is 8.30. The van der Waals surface area contributed by atoms with Gasteiger partial charge in [-0.15, -0.1) is 0 Å². The molecular formula is C10H19NO. The van der Waals surface area contributed by atoms with Crippen molar-refractivity contribution in [3.05, 3.63) is 12.2 Å². The van der Waals surface area contributed by atoms with Crippen LogP contribution in [-0.2, 0) is 0 Å². The first-order chi connectivity index (χ1) is 5.84. The lowest BCUT2D eigenvalue weighted by atomic mass is 9.98. The maximum Gasteiger partial charge on any atom is 0.0696 e. The third-order valence-corrected chi connectivity index (χ3v) is 2.37. The molecule has 70 valence electrons. The van der Waals surface area contributed by atoms with Crippen molar-refractivity contribution in [1.82, 2.24) is 5.32 Å². The molecule has 0 spiro atoms. The summed E-state index contributed by atoms with van der Waals surface area (Å²) in [5, 5.41) is 13.0. The first-order valence-electron chi connectivity index (χ1n) is 4.91. The zero-order valence-corrected chi connectivity index (χ0v) is 7.79. The highest BCUT2D eigenvalue weighted by molar-refractivity contribution is 4.89. The molecule has 0 heterocycles. The van der Waals surface area contributed by atoms with Crippen molar-refractivity contribution >= 4 is 0 Å². The smallest absolute Gasteiger partial charge is 0.0696 e. The second-order valence-corrected chi connectivity index (χ2v) is 3.36. The van der Waals surface area contributed by atoms with Crippen LogP contribution in [0.5, 0.6) is 0 Å². The van der Waals surface area contributed by atoms with Crippen molar-refractivity contribution < 1.29 is 5.11 Å². The molecule has 0 radical (unpaired) electrons. The molecule has 2 atom stereocenters. The highest BCUT2D eigenvalue weighted by Crippen LogP contribution is 2.12. The molecule has 12 heavy (non-hydrogen) atoms. The van der Waals surface area contributed by atoms with Crippen LogP contribution in [0.2, 0.25) is 0 Å². The van der Waals surface area contributed by atoms with Crippen molar-refractivity contribution in [1.29, 1.82) is 0 Å². The zero-order valence-electron chi connectivity index (χ0n) is 7.79. The van der Waals surface area contributed by atoms with Crippen molar-refractivity contribution in [2.75, 3.05) is 6.54 Å². The SMILES string of the molecule is CCN[C@H]1CCC=CCC[C@@H]1O. The van der Waals surface area contributed by atoms with Gasteiger partial charge in [0, 0.05) is 6.04 Å². The maximum atomic E-state index is 9.71. The van der Waals surface area contributed by atoms with Crippen LogP contribution in [0.4, 0.5) is 0 Å². The van der Waals surface area contributed by atoms with Gasteiger partial charge in [-0.2, -0.15) is 0 Å². The fourth-order valence-electron chi connectivity index (χ4n) is 1.67. The second kappa shape index (κ2) is 5.33. The summed E-state index contributed by atoms with van der Waals surface area (Å²) in [4.78, 5) is 0.